The molecule has 31 heavy (non-hydrogen) atoms. The van der Waals surface area contributed by atoms with Crippen LogP contribution in [0.15, 0.2) is 29.4 Å². The fourth-order valence-corrected chi connectivity index (χ4v) is 3.02. The summed E-state index contributed by atoms with van der Waals surface area (Å²) < 4.78 is 0. The molecule has 0 aliphatic heterocycles. The maximum absolute atomic E-state index is 11.6. The third-order valence-corrected chi connectivity index (χ3v) is 4.12. The Bertz CT molecular complexity index is 1150. The molecule has 0 aromatic heterocycles. The lowest BCUT2D eigenvalue weighted by atomic mass is 10.0. The Hall–Kier alpha value is -5.02. The number of oxime groups is 1. The summed E-state index contributed by atoms with van der Waals surface area (Å²) in [6, 6.07) is 2.80. The van der Waals surface area contributed by atoms with Crippen molar-refractivity contribution in [3.05, 3.63) is 75.8 Å². The van der Waals surface area contributed by atoms with E-state index in [0.29, 0.717) is 12.1 Å². The van der Waals surface area contributed by atoms with E-state index in [2.05, 4.69) is 9.99 Å². The minimum Gasteiger partial charge on any atom is -0.479 e. The van der Waals surface area contributed by atoms with Gasteiger partial charge in [-0.25, -0.2) is 4.79 Å². The summed E-state index contributed by atoms with van der Waals surface area (Å²) in [6.07, 6.45) is 0. The number of benzene rings is 2. The van der Waals surface area contributed by atoms with Crippen molar-refractivity contribution in [3.8, 4) is 11.1 Å². The van der Waals surface area contributed by atoms with E-state index in [-0.39, 0.29) is 11.1 Å². The molecule has 1 aliphatic rings. The molecule has 158 valence electrons. The van der Waals surface area contributed by atoms with Crippen LogP contribution in [0.4, 0.5) is 22.7 Å². The zero-order valence-electron chi connectivity index (χ0n) is 14.8. The van der Waals surface area contributed by atoms with Crippen molar-refractivity contribution in [2.45, 2.75) is 0 Å². The van der Waals surface area contributed by atoms with Crippen molar-refractivity contribution in [2.75, 3.05) is 6.61 Å². The molecule has 0 fully saturated rings. The summed E-state index contributed by atoms with van der Waals surface area (Å²) >= 11 is 0. The average molecular weight is 433 g/mol. The zero-order valence-corrected chi connectivity index (χ0v) is 14.8. The van der Waals surface area contributed by atoms with Crippen LogP contribution >= 0.6 is 0 Å². The first-order chi connectivity index (χ1) is 14.5. The second kappa shape index (κ2) is 7.43. The predicted molar refractivity (Wildman–Crippen MR) is 97.7 cm³/mol. The molecule has 0 heterocycles. The number of nitro benzene ring substituents is 4. The fraction of sp³-hybridized carbons (Fsp3) is 0.0667. The van der Waals surface area contributed by atoms with Gasteiger partial charge < -0.3 is 9.94 Å². The van der Waals surface area contributed by atoms with Crippen LogP contribution in [0.25, 0.3) is 11.1 Å². The van der Waals surface area contributed by atoms with E-state index in [1.165, 1.54) is 0 Å². The van der Waals surface area contributed by atoms with Crippen LogP contribution in [0.3, 0.4) is 0 Å². The first-order valence-corrected chi connectivity index (χ1v) is 7.89. The van der Waals surface area contributed by atoms with Crippen LogP contribution in [0.2, 0.25) is 0 Å². The number of carbonyl (C=O) groups is 1. The highest BCUT2D eigenvalue weighted by Gasteiger charge is 2.41. The van der Waals surface area contributed by atoms with Crippen molar-refractivity contribution < 1.29 is 34.4 Å². The number of nitro groups is 4. The lowest BCUT2D eigenvalue weighted by Crippen LogP contribution is -2.07. The van der Waals surface area contributed by atoms with Crippen LogP contribution in [-0.2, 0) is 9.63 Å². The molecule has 2 aromatic carbocycles. The maximum atomic E-state index is 11.6. The van der Waals surface area contributed by atoms with Gasteiger partial charge in [0.2, 0.25) is 6.61 Å². The molecule has 0 bridgehead atoms. The lowest BCUT2D eigenvalue weighted by molar-refractivity contribution is -0.395. The maximum Gasteiger partial charge on any atom is 0.344 e. The molecule has 0 saturated carbocycles. The van der Waals surface area contributed by atoms with Gasteiger partial charge in [0.25, 0.3) is 22.7 Å². The number of carboxylic acid groups (broad SMARTS) is 1. The third-order valence-electron chi connectivity index (χ3n) is 4.12. The number of hydrogen-bond donors (Lipinski definition) is 1. The SMILES string of the molecule is O=C(O)CON=C1c2cc([N+](=O)[O-])cc([N+](=O)[O-])c2-c2c1cc([N+](=O)[O-])cc2[N+](=O)[O-]. The summed E-state index contributed by atoms with van der Waals surface area (Å²) in [5.74, 6) is -1.46. The number of fused-ring (bicyclic) bond motifs is 3. The topological polar surface area (TPSA) is 231 Å². The number of aliphatic carboxylic acids is 1. The summed E-state index contributed by atoms with van der Waals surface area (Å²) in [5.41, 5.74) is -5.35. The van der Waals surface area contributed by atoms with Crippen molar-refractivity contribution >= 4 is 34.4 Å². The van der Waals surface area contributed by atoms with E-state index < -0.39 is 71.9 Å². The summed E-state index contributed by atoms with van der Waals surface area (Å²) in [5, 5.41) is 57.7. The Morgan fingerprint density at radius 3 is 1.55 bits per heavy atom. The summed E-state index contributed by atoms with van der Waals surface area (Å²) in [4.78, 5) is 56.9. The van der Waals surface area contributed by atoms with Gasteiger partial charge >= 0.3 is 5.97 Å². The van der Waals surface area contributed by atoms with E-state index in [0.717, 1.165) is 12.1 Å². The number of non-ortho nitro benzene ring substituents is 2. The Kier molecular flexibility index (Phi) is 4.96. The second-order valence-electron chi connectivity index (χ2n) is 5.91. The molecule has 0 unspecified atom stereocenters. The van der Waals surface area contributed by atoms with Gasteiger partial charge in [0.1, 0.15) is 5.71 Å². The van der Waals surface area contributed by atoms with Crippen LogP contribution in [0, 0.1) is 40.5 Å². The van der Waals surface area contributed by atoms with Crippen LogP contribution in [0.5, 0.6) is 0 Å². The summed E-state index contributed by atoms with van der Waals surface area (Å²) in [7, 11) is 0. The van der Waals surface area contributed by atoms with Crippen LogP contribution < -0.4 is 0 Å². The minimum absolute atomic E-state index is 0.357. The first-order valence-electron chi connectivity index (χ1n) is 7.89. The van der Waals surface area contributed by atoms with Gasteiger partial charge in [-0.05, 0) is 0 Å². The molecule has 1 N–H and O–H groups in total. The molecule has 3 rings (SSSR count). The standard InChI is InChI=1S/C15H7N5O11/c21-12(22)5-31-16-15-8-1-6(17(23)24)3-10(19(27)28)13(8)14-9(15)2-7(18(25)26)4-11(14)20(29)30/h1-4H,5H2,(H,21,22). The number of carboxylic acids is 1. The van der Waals surface area contributed by atoms with Gasteiger partial charge in [0.05, 0.1) is 43.0 Å². The first kappa shape index (κ1) is 20.7. The fourth-order valence-electron chi connectivity index (χ4n) is 3.02. The van der Waals surface area contributed by atoms with Crippen molar-refractivity contribution in [2.24, 2.45) is 5.16 Å². The second-order valence-corrected chi connectivity index (χ2v) is 5.91. The third kappa shape index (κ3) is 3.55. The number of nitrogens with zero attached hydrogens (tertiary/aromatic N) is 5. The molecular weight excluding hydrogens is 426 g/mol. The molecule has 2 aromatic rings. The Morgan fingerprint density at radius 2 is 1.23 bits per heavy atom. The Balaban J connectivity index is 2.46. The average Bonchev–Trinajstić information content (AvgIpc) is 2.99. The Morgan fingerprint density at radius 1 is 0.806 bits per heavy atom. The van der Waals surface area contributed by atoms with Gasteiger partial charge in [-0.15, -0.1) is 0 Å². The summed E-state index contributed by atoms with van der Waals surface area (Å²) in [6.45, 7) is -0.984. The van der Waals surface area contributed by atoms with Crippen molar-refractivity contribution in [1.82, 2.24) is 0 Å². The van der Waals surface area contributed by atoms with Crippen LogP contribution in [-0.4, -0.2) is 43.1 Å². The van der Waals surface area contributed by atoms with E-state index >= 15 is 0 Å². The van der Waals surface area contributed by atoms with Gasteiger partial charge in [-0.1, -0.05) is 5.16 Å². The van der Waals surface area contributed by atoms with E-state index in [1.54, 1.807) is 0 Å². The largest absolute Gasteiger partial charge is 0.479 e. The molecular formula is C15H7N5O11. The smallest absolute Gasteiger partial charge is 0.344 e. The molecule has 1 aliphatic carbocycles. The number of hydrogen-bond acceptors (Lipinski definition) is 11. The quantitative estimate of drug-likeness (QED) is 0.418. The zero-order chi connectivity index (χ0) is 23.0. The highest BCUT2D eigenvalue weighted by molar-refractivity contribution is 6.27. The van der Waals surface area contributed by atoms with Gasteiger partial charge in [0, 0.05) is 23.3 Å². The highest BCUT2D eigenvalue weighted by Crippen LogP contribution is 2.50. The van der Waals surface area contributed by atoms with Crippen LogP contribution in [0.1, 0.15) is 11.1 Å². The van der Waals surface area contributed by atoms with Gasteiger partial charge in [-0.2, -0.15) is 0 Å². The molecule has 0 saturated heterocycles. The van der Waals surface area contributed by atoms with Crippen molar-refractivity contribution in [3.63, 3.8) is 0 Å². The van der Waals surface area contributed by atoms with E-state index in [4.69, 9.17) is 5.11 Å². The molecule has 0 radical (unpaired) electrons. The number of rotatable bonds is 7. The normalized spacial score (nSPS) is 11.3. The highest BCUT2D eigenvalue weighted by atomic mass is 16.6. The Labute approximate surface area is 168 Å². The molecule has 0 spiro atoms. The molecule has 16 nitrogen and oxygen atoms in total. The predicted octanol–water partition coefficient (Wildman–Crippen LogP) is 2.15. The monoisotopic (exact) mass is 433 g/mol. The molecule has 0 amide bonds. The minimum atomic E-state index is -1.46. The molecule has 16 heteroatoms. The van der Waals surface area contributed by atoms with Gasteiger partial charge in [0.15, 0.2) is 0 Å². The molecule has 0 atom stereocenters. The van der Waals surface area contributed by atoms with Crippen molar-refractivity contribution in [1.29, 1.82) is 0 Å². The lowest BCUT2D eigenvalue weighted by Gasteiger charge is -2.03. The van der Waals surface area contributed by atoms with E-state index in [1.807, 2.05) is 0 Å². The van der Waals surface area contributed by atoms with Gasteiger partial charge in [-0.3, -0.25) is 40.5 Å². The van der Waals surface area contributed by atoms with E-state index in [9.17, 15) is 45.3 Å².